The highest BCUT2D eigenvalue weighted by Crippen LogP contribution is 2.55. The molecule has 1 amide bonds. The zero-order valence-corrected chi connectivity index (χ0v) is 18.6. The molecule has 3 aliphatic heterocycles. The van der Waals surface area contributed by atoms with Crippen LogP contribution in [-0.4, -0.2) is 71.3 Å². The van der Waals surface area contributed by atoms with Crippen LogP contribution in [0.2, 0.25) is 0 Å². The molecule has 2 saturated heterocycles. The van der Waals surface area contributed by atoms with E-state index in [1.165, 1.54) is 0 Å². The second-order valence-electron chi connectivity index (χ2n) is 9.05. The van der Waals surface area contributed by atoms with Crippen molar-refractivity contribution in [2.75, 3.05) is 20.3 Å². The van der Waals surface area contributed by atoms with Crippen LogP contribution in [0.15, 0.2) is 52.9 Å². The summed E-state index contributed by atoms with van der Waals surface area (Å²) in [5.74, 6) is -1.96. The molecule has 5 unspecified atom stereocenters. The number of ketones is 2. The molecule has 4 heterocycles. The van der Waals surface area contributed by atoms with Crippen molar-refractivity contribution in [2.45, 2.75) is 24.7 Å². The summed E-state index contributed by atoms with van der Waals surface area (Å²) < 4.78 is 11.2. The van der Waals surface area contributed by atoms with Crippen LogP contribution >= 0.6 is 0 Å². The average molecular weight is 461 g/mol. The third kappa shape index (κ3) is 2.66. The van der Waals surface area contributed by atoms with E-state index in [9.17, 15) is 14.4 Å². The lowest BCUT2D eigenvalue weighted by atomic mass is 9.78. The number of hydrogen-bond donors (Lipinski definition) is 2. The summed E-state index contributed by atoms with van der Waals surface area (Å²) in [5, 5.41) is 5.06. The number of piperazine rings is 1. The Morgan fingerprint density at radius 3 is 2.94 bits per heavy atom. The number of aliphatic imine (C=N–C) groups is 1. The van der Waals surface area contributed by atoms with Crippen molar-refractivity contribution in [3.05, 3.63) is 47.9 Å². The Balaban J connectivity index is 1.49. The molecule has 2 fully saturated rings. The summed E-state index contributed by atoms with van der Waals surface area (Å²) in [4.78, 5) is 49.8. The van der Waals surface area contributed by atoms with E-state index in [2.05, 4.69) is 10.3 Å². The predicted octanol–water partition coefficient (Wildman–Crippen LogP) is 1.07. The number of pyridine rings is 1. The molecular formula is C24H23N5O5. The largest absolute Gasteiger partial charge is 0.449 e. The van der Waals surface area contributed by atoms with Gasteiger partial charge in [-0.3, -0.25) is 14.6 Å². The molecule has 174 valence electrons. The van der Waals surface area contributed by atoms with Gasteiger partial charge in [0, 0.05) is 48.4 Å². The summed E-state index contributed by atoms with van der Waals surface area (Å²) in [6.45, 7) is 2.05. The number of benzene rings is 1. The van der Waals surface area contributed by atoms with Gasteiger partial charge in [-0.1, -0.05) is 12.1 Å². The summed E-state index contributed by atoms with van der Waals surface area (Å²) in [5.41, 5.74) is 5.60. The minimum absolute atomic E-state index is 0.0913. The van der Waals surface area contributed by atoms with Gasteiger partial charge in [-0.25, -0.2) is 9.79 Å². The third-order valence-electron chi connectivity index (χ3n) is 7.44. The first-order chi connectivity index (χ1) is 16.4. The van der Waals surface area contributed by atoms with Crippen molar-refractivity contribution in [1.82, 2.24) is 15.2 Å². The van der Waals surface area contributed by atoms with E-state index >= 15 is 0 Å². The number of hydrogen-bond acceptors (Lipinski definition) is 9. The maximum absolute atomic E-state index is 13.9. The summed E-state index contributed by atoms with van der Waals surface area (Å²) in [6.07, 6.45) is 2.43. The van der Waals surface area contributed by atoms with Crippen molar-refractivity contribution >= 4 is 39.8 Å². The van der Waals surface area contributed by atoms with Crippen LogP contribution in [0.4, 0.5) is 10.5 Å². The van der Waals surface area contributed by atoms with Crippen LogP contribution in [-0.2, 0) is 19.1 Å². The van der Waals surface area contributed by atoms with Crippen molar-refractivity contribution in [1.29, 1.82) is 0 Å². The van der Waals surface area contributed by atoms with Crippen LogP contribution in [0.1, 0.15) is 6.92 Å². The number of aromatic nitrogens is 1. The van der Waals surface area contributed by atoms with Crippen LogP contribution in [0.3, 0.4) is 0 Å². The van der Waals surface area contributed by atoms with Crippen molar-refractivity contribution < 1.29 is 23.9 Å². The molecule has 0 bridgehead atoms. The Labute approximate surface area is 194 Å². The molecule has 10 heteroatoms. The molecule has 1 aliphatic carbocycles. The molecule has 1 aromatic carbocycles. The van der Waals surface area contributed by atoms with Crippen LogP contribution in [0, 0.1) is 11.8 Å². The van der Waals surface area contributed by atoms with E-state index in [1.54, 1.807) is 32.5 Å². The average Bonchev–Trinajstić information content (AvgIpc) is 3.45. The Morgan fingerprint density at radius 1 is 1.35 bits per heavy atom. The number of amides is 1. The number of methoxy groups -OCH3 is 1. The number of nitrogens with one attached hydrogen (secondary N) is 1. The predicted molar refractivity (Wildman–Crippen MR) is 121 cm³/mol. The lowest BCUT2D eigenvalue weighted by Gasteiger charge is -2.39. The molecule has 34 heavy (non-hydrogen) atoms. The maximum Gasteiger partial charge on any atom is 0.404 e. The van der Waals surface area contributed by atoms with E-state index in [0.717, 1.165) is 10.8 Å². The normalized spacial score (nSPS) is 32.8. The van der Waals surface area contributed by atoms with Gasteiger partial charge in [0.25, 0.3) is 0 Å². The lowest BCUT2D eigenvalue weighted by Crippen LogP contribution is -2.55. The van der Waals surface area contributed by atoms with Crippen LogP contribution < -0.4 is 11.1 Å². The topological polar surface area (TPSA) is 146 Å². The Kier molecular flexibility index (Phi) is 4.42. The first kappa shape index (κ1) is 20.9. The van der Waals surface area contributed by atoms with Crippen molar-refractivity contribution in [2.24, 2.45) is 22.6 Å². The highest BCUT2D eigenvalue weighted by Gasteiger charge is 2.73. The number of rotatable bonds is 4. The van der Waals surface area contributed by atoms with Gasteiger partial charge in [0.2, 0.25) is 5.78 Å². The van der Waals surface area contributed by atoms with Crippen LogP contribution in [0.25, 0.3) is 10.8 Å². The number of ether oxygens (including phenoxy) is 2. The lowest BCUT2D eigenvalue weighted by molar-refractivity contribution is -0.138. The van der Waals surface area contributed by atoms with Gasteiger partial charge in [0.15, 0.2) is 11.5 Å². The third-order valence-corrected chi connectivity index (χ3v) is 7.44. The van der Waals surface area contributed by atoms with Gasteiger partial charge in [0.05, 0.1) is 35.0 Å². The first-order valence-electron chi connectivity index (χ1n) is 11.1. The van der Waals surface area contributed by atoms with Crippen molar-refractivity contribution in [3.63, 3.8) is 0 Å². The number of nitrogens with zero attached hydrogens (tertiary/aromatic N) is 3. The summed E-state index contributed by atoms with van der Waals surface area (Å²) >= 11 is 0. The van der Waals surface area contributed by atoms with Gasteiger partial charge in [-0.05, 0) is 19.1 Å². The van der Waals surface area contributed by atoms with Gasteiger partial charge in [0.1, 0.15) is 6.61 Å². The summed E-state index contributed by atoms with van der Waals surface area (Å²) in [6, 6.07) is 7.43. The van der Waals surface area contributed by atoms with E-state index in [1.807, 2.05) is 23.1 Å². The maximum atomic E-state index is 13.9. The van der Waals surface area contributed by atoms with Gasteiger partial charge < -0.3 is 25.4 Å². The smallest absolute Gasteiger partial charge is 0.404 e. The summed E-state index contributed by atoms with van der Waals surface area (Å²) in [7, 11) is 1.54. The SMILES string of the molecule is COC12C(COC(N)=O)C3=C(C(=O)C(C)C(=Nc4cccc5cnccc45)C3=O)N1CC1NC12. The molecule has 0 spiro atoms. The molecule has 5 atom stereocenters. The highest BCUT2D eigenvalue weighted by molar-refractivity contribution is 6.53. The fourth-order valence-corrected chi connectivity index (χ4v) is 5.86. The minimum Gasteiger partial charge on any atom is -0.449 e. The molecular weight excluding hydrogens is 438 g/mol. The molecule has 3 N–H and O–H groups in total. The van der Waals surface area contributed by atoms with E-state index < -0.39 is 23.7 Å². The highest BCUT2D eigenvalue weighted by atomic mass is 16.6. The Morgan fingerprint density at radius 2 is 2.18 bits per heavy atom. The Hall–Kier alpha value is -3.63. The molecule has 2 aromatic rings. The van der Waals surface area contributed by atoms with E-state index in [-0.39, 0.29) is 41.5 Å². The monoisotopic (exact) mass is 461 g/mol. The number of allylic oxidation sites excluding steroid dienone is 1. The van der Waals surface area contributed by atoms with Crippen molar-refractivity contribution in [3.8, 4) is 0 Å². The van der Waals surface area contributed by atoms with Gasteiger partial charge in [-0.15, -0.1) is 0 Å². The minimum atomic E-state index is -1.00. The first-order valence-corrected chi connectivity index (χ1v) is 11.1. The van der Waals surface area contributed by atoms with Gasteiger partial charge >= 0.3 is 6.09 Å². The molecule has 0 radical (unpaired) electrons. The number of fused-ring (bicyclic) bond motifs is 5. The quantitative estimate of drug-likeness (QED) is 0.643. The number of carbonyl (C=O) groups excluding carboxylic acids is 3. The van der Waals surface area contributed by atoms with E-state index in [0.29, 0.717) is 17.9 Å². The fraction of sp³-hybridized carbons (Fsp3) is 0.375. The Bertz CT molecular complexity index is 1330. The van der Waals surface area contributed by atoms with Gasteiger partial charge in [-0.2, -0.15) is 0 Å². The van der Waals surface area contributed by atoms with E-state index in [4.69, 9.17) is 20.2 Å². The standard InChI is InChI=1S/C24H23N5O5/c1-11-18(27-15-5-3-4-12-8-26-7-6-13(12)15)21(31)17-14(10-34-23(25)32)24(33-2)22-16(28-22)9-29(24)19(17)20(11)30/h3-8,11,14,16,22,28H,9-10H2,1-2H3,(H2,25,32). The number of nitrogens with two attached hydrogens (primary N) is 1. The molecule has 0 saturated carbocycles. The molecule has 1 aromatic heterocycles. The zero-order valence-electron chi connectivity index (χ0n) is 18.6. The zero-order chi connectivity index (χ0) is 23.8. The number of carbonyl (C=O) groups is 3. The second-order valence-corrected chi connectivity index (χ2v) is 9.05. The second kappa shape index (κ2) is 7.18. The number of Topliss-reactive ketones (excluding diaryl/α,β-unsaturated/α-hetero) is 2. The fourth-order valence-electron chi connectivity index (χ4n) is 5.86. The molecule has 10 nitrogen and oxygen atoms in total. The number of primary amides is 1. The van der Waals surface area contributed by atoms with Crippen LogP contribution in [0.5, 0.6) is 0 Å². The molecule has 6 rings (SSSR count). The molecule has 4 aliphatic rings.